The topological polar surface area (TPSA) is 66.6 Å². The Morgan fingerprint density at radius 3 is 2.23 bits per heavy atom. The van der Waals surface area contributed by atoms with Crippen molar-refractivity contribution in [3.05, 3.63) is 0 Å². The van der Waals surface area contributed by atoms with E-state index in [2.05, 4.69) is 0 Å². The second-order valence-electron chi connectivity index (χ2n) is 4.25. The average molecular weight is 188 g/mol. The van der Waals surface area contributed by atoms with Gasteiger partial charge >= 0.3 is 6.09 Å². The van der Waals surface area contributed by atoms with Gasteiger partial charge in [0.2, 0.25) is 0 Å². The fourth-order valence-electron chi connectivity index (χ4n) is 1.51. The molecule has 0 aromatic rings. The number of carboxylic acid groups (broad SMARTS) is 1. The molecule has 0 unspecified atom stereocenters. The quantitative estimate of drug-likeness (QED) is 0.705. The SMILES string of the molecule is C[C@@H](CCN)N(C(=O)O)C(C)(C)C. The van der Waals surface area contributed by atoms with Crippen molar-refractivity contribution in [2.24, 2.45) is 5.73 Å². The van der Waals surface area contributed by atoms with Crippen molar-refractivity contribution >= 4 is 6.09 Å². The molecule has 1 atom stereocenters. The summed E-state index contributed by atoms with van der Waals surface area (Å²) in [4.78, 5) is 12.4. The molecule has 0 aliphatic heterocycles. The van der Waals surface area contributed by atoms with Crippen LogP contribution in [0, 0.1) is 0 Å². The lowest BCUT2D eigenvalue weighted by Crippen LogP contribution is -2.50. The molecule has 0 fully saturated rings. The smallest absolute Gasteiger partial charge is 0.407 e. The monoisotopic (exact) mass is 188 g/mol. The third kappa shape index (κ3) is 3.63. The van der Waals surface area contributed by atoms with Gasteiger partial charge in [-0.1, -0.05) is 0 Å². The maximum absolute atomic E-state index is 10.9. The molecule has 0 bridgehead atoms. The molecule has 0 aromatic carbocycles. The summed E-state index contributed by atoms with van der Waals surface area (Å²) in [7, 11) is 0. The first-order valence-electron chi connectivity index (χ1n) is 4.53. The lowest BCUT2D eigenvalue weighted by Gasteiger charge is -2.37. The van der Waals surface area contributed by atoms with Gasteiger partial charge in [-0.3, -0.25) is 0 Å². The van der Waals surface area contributed by atoms with E-state index < -0.39 is 6.09 Å². The largest absolute Gasteiger partial charge is 0.465 e. The van der Waals surface area contributed by atoms with Crippen molar-refractivity contribution in [1.82, 2.24) is 4.90 Å². The van der Waals surface area contributed by atoms with Gasteiger partial charge in [-0.05, 0) is 40.7 Å². The molecule has 0 aromatic heterocycles. The first-order valence-corrected chi connectivity index (χ1v) is 4.53. The van der Waals surface area contributed by atoms with E-state index >= 15 is 0 Å². The van der Waals surface area contributed by atoms with Crippen LogP contribution in [-0.2, 0) is 0 Å². The van der Waals surface area contributed by atoms with Gasteiger partial charge in [-0.25, -0.2) is 4.79 Å². The first-order chi connectivity index (χ1) is 5.80. The number of amides is 1. The van der Waals surface area contributed by atoms with Crippen molar-refractivity contribution < 1.29 is 9.90 Å². The van der Waals surface area contributed by atoms with E-state index in [4.69, 9.17) is 10.8 Å². The molecule has 0 heterocycles. The first kappa shape index (κ1) is 12.2. The van der Waals surface area contributed by atoms with E-state index in [-0.39, 0.29) is 11.6 Å². The van der Waals surface area contributed by atoms with E-state index in [0.717, 1.165) is 0 Å². The lowest BCUT2D eigenvalue weighted by atomic mass is 10.0. The van der Waals surface area contributed by atoms with Crippen LogP contribution in [0.15, 0.2) is 0 Å². The molecular weight excluding hydrogens is 168 g/mol. The van der Waals surface area contributed by atoms with E-state index in [1.165, 1.54) is 4.90 Å². The number of rotatable bonds is 3. The predicted molar refractivity (Wildman–Crippen MR) is 52.8 cm³/mol. The van der Waals surface area contributed by atoms with Gasteiger partial charge < -0.3 is 15.7 Å². The van der Waals surface area contributed by atoms with Gasteiger partial charge in [0.1, 0.15) is 0 Å². The molecule has 0 rings (SSSR count). The summed E-state index contributed by atoms with van der Waals surface area (Å²) in [6.07, 6.45) is -0.183. The van der Waals surface area contributed by atoms with Crippen LogP contribution in [0.25, 0.3) is 0 Å². The van der Waals surface area contributed by atoms with Gasteiger partial charge in [-0.15, -0.1) is 0 Å². The Kier molecular flexibility index (Phi) is 4.20. The highest BCUT2D eigenvalue weighted by atomic mass is 16.4. The van der Waals surface area contributed by atoms with Crippen molar-refractivity contribution in [1.29, 1.82) is 0 Å². The van der Waals surface area contributed by atoms with Crippen LogP contribution in [0.4, 0.5) is 4.79 Å². The summed E-state index contributed by atoms with van der Waals surface area (Å²) in [6, 6.07) is -0.0255. The Bertz CT molecular complexity index is 175. The van der Waals surface area contributed by atoms with Gasteiger partial charge in [0.05, 0.1) is 0 Å². The Morgan fingerprint density at radius 2 is 2.00 bits per heavy atom. The molecule has 1 amide bonds. The molecule has 0 radical (unpaired) electrons. The third-order valence-electron chi connectivity index (χ3n) is 1.95. The maximum atomic E-state index is 10.9. The molecule has 0 saturated carbocycles. The molecule has 4 heteroatoms. The Labute approximate surface area is 79.7 Å². The van der Waals surface area contributed by atoms with E-state index in [1.807, 2.05) is 27.7 Å². The summed E-state index contributed by atoms with van der Waals surface area (Å²) < 4.78 is 0. The number of nitrogens with two attached hydrogens (primary N) is 1. The third-order valence-corrected chi connectivity index (χ3v) is 1.95. The molecule has 3 N–H and O–H groups in total. The molecule has 13 heavy (non-hydrogen) atoms. The van der Waals surface area contributed by atoms with Crippen LogP contribution in [-0.4, -0.2) is 34.2 Å². The molecule has 0 saturated heterocycles. The summed E-state index contributed by atoms with van der Waals surface area (Å²) in [6.45, 7) is 8.05. The Morgan fingerprint density at radius 1 is 1.54 bits per heavy atom. The van der Waals surface area contributed by atoms with Crippen LogP contribution in [0.5, 0.6) is 0 Å². The second-order valence-corrected chi connectivity index (χ2v) is 4.25. The lowest BCUT2D eigenvalue weighted by molar-refractivity contribution is 0.0736. The average Bonchev–Trinajstić information content (AvgIpc) is 1.82. The number of hydrogen-bond donors (Lipinski definition) is 2. The van der Waals surface area contributed by atoms with Crippen molar-refractivity contribution in [3.63, 3.8) is 0 Å². The summed E-state index contributed by atoms with van der Waals surface area (Å²) in [5.41, 5.74) is 5.03. The number of carbonyl (C=O) groups is 1. The van der Waals surface area contributed by atoms with E-state index in [0.29, 0.717) is 13.0 Å². The maximum Gasteiger partial charge on any atom is 0.407 e. The fraction of sp³-hybridized carbons (Fsp3) is 0.889. The molecule has 0 aliphatic rings. The second kappa shape index (κ2) is 4.46. The summed E-state index contributed by atoms with van der Waals surface area (Å²) in [5, 5.41) is 8.99. The Hall–Kier alpha value is -0.770. The minimum Gasteiger partial charge on any atom is -0.465 e. The molecule has 4 nitrogen and oxygen atoms in total. The summed E-state index contributed by atoms with van der Waals surface area (Å²) in [5.74, 6) is 0. The van der Waals surface area contributed by atoms with Crippen LogP contribution in [0.1, 0.15) is 34.1 Å². The van der Waals surface area contributed by atoms with Crippen molar-refractivity contribution in [2.75, 3.05) is 6.54 Å². The van der Waals surface area contributed by atoms with Crippen molar-refractivity contribution in [3.8, 4) is 0 Å². The highest BCUT2D eigenvalue weighted by molar-refractivity contribution is 5.66. The van der Waals surface area contributed by atoms with Crippen LogP contribution >= 0.6 is 0 Å². The summed E-state index contributed by atoms with van der Waals surface area (Å²) >= 11 is 0. The predicted octanol–water partition coefficient (Wildman–Crippen LogP) is 1.50. The molecule has 78 valence electrons. The van der Waals surface area contributed by atoms with E-state index in [1.54, 1.807) is 0 Å². The normalized spacial score (nSPS) is 13.9. The van der Waals surface area contributed by atoms with Crippen LogP contribution in [0.2, 0.25) is 0 Å². The van der Waals surface area contributed by atoms with Gasteiger partial charge in [-0.2, -0.15) is 0 Å². The van der Waals surface area contributed by atoms with Gasteiger partial charge in [0, 0.05) is 11.6 Å². The highest BCUT2D eigenvalue weighted by Gasteiger charge is 2.29. The highest BCUT2D eigenvalue weighted by Crippen LogP contribution is 2.18. The minimum atomic E-state index is -0.881. The minimum absolute atomic E-state index is 0.0255. The molecular formula is C9H20N2O2. The zero-order valence-corrected chi connectivity index (χ0v) is 8.87. The zero-order valence-electron chi connectivity index (χ0n) is 8.87. The van der Waals surface area contributed by atoms with E-state index in [9.17, 15) is 4.79 Å². The number of nitrogens with zero attached hydrogens (tertiary/aromatic N) is 1. The van der Waals surface area contributed by atoms with Crippen LogP contribution in [0.3, 0.4) is 0 Å². The Balaban J connectivity index is 4.52. The molecule has 0 spiro atoms. The van der Waals surface area contributed by atoms with Gasteiger partial charge in [0.15, 0.2) is 0 Å². The van der Waals surface area contributed by atoms with Gasteiger partial charge in [0.25, 0.3) is 0 Å². The number of hydrogen-bond acceptors (Lipinski definition) is 2. The van der Waals surface area contributed by atoms with Crippen molar-refractivity contribution in [2.45, 2.75) is 45.7 Å². The zero-order chi connectivity index (χ0) is 10.6. The fourth-order valence-corrected chi connectivity index (χ4v) is 1.51. The standard InChI is InChI=1S/C9H20N2O2/c1-7(5-6-10)11(8(12)13)9(2,3)4/h7H,5-6,10H2,1-4H3,(H,12,13)/t7-/m0/s1. The molecule has 0 aliphatic carbocycles. The van der Waals surface area contributed by atoms with Crippen LogP contribution < -0.4 is 5.73 Å².